The third-order valence-electron chi connectivity index (χ3n) is 1.75. The van der Waals surface area contributed by atoms with E-state index >= 15 is 0 Å². The van der Waals surface area contributed by atoms with E-state index in [4.69, 9.17) is 9.47 Å². The van der Waals surface area contributed by atoms with Gasteiger partial charge >= 0.3 is 6.09 Å². The minimum Gasteiger partial charge on any atom is -0.417 e. The SMILES string of the molecule is COC1OC(=O)NC1C(C)C. The van der Waals surface area contributed by atoms with E-state index in [0.29, 0.717) is 5.92 Å². The lowest BCUT2D eigenvalue weighted by molar-refractivity contribution is -0.0743. The maximum Gasteiger partial charge on any atom is 0.409 e. The molecule has 1 aliphatic rings. The van der Waals surface area contributed by atoms with Gasteiger partial charge < -0.3 is 14.8 Å². The van der Waals surface area contributed by atoms with Crippen molar-refractivity contribution in [2.45, 2.75) is 26.2 Å². The summed E-state index contributed by atoms with van der Waals surface area (Å²) >= 11 is 0. The molecule has 0 aromatic carbocycles. The van der Waals surface area contributed by atoms with Gasteiger partial charge in [-0.25, -0.2) is 4.79 Å². The van der Waals surface area contributed by atoms with Crippen LogP contribution in [0.1, 0.15) is 13.8 Å². The van der Waals surface area contributed by atoms with Crippen LogP contribution in [0.5, 0.6) is 0 Å². The standard InChI is InChI=1S/C7H13NO3/c1-4(2)5-6(10-3)11-7(9)8-5/h4-6H,1-3H3,(H,8,9). The Bertz CT molecular complexity index is 158. The van der Waals surface area contributed by atoms with Gasteiger partial charge in [0.05, 0.1) is 6.04 Å². The lowest BCUT2D eigenvalue weighted by Crippen LogP contribution is -2.37. The van der Waals surface area contributed by atoms with Gasteiger partial charge in [0.1, 0.15) is 0 Å². The second kappa shape index (κ2) is 3.09. The molecule has 4 nitrogen and oxygen atoms in total. The molecule has 4 heteroatoms. The van der Waals surface area contributed by atoms with Gasteiger partial charge in [-0.1, -0.05) is 13.8 Å². The summed E-state index contributed by atoms with van der Waals surface area (Å²) in [6.07, 6.45) is -0.821. The zero-order chi connectivity index (χ0) is 8.43. The number of nitrogens with one attached hydrogen (secondary N) is 1. The van der Waals surface area contributed by atoms with E-state index in [1.165, 1.54) is 7.11 Å². The van der Waals surface area contributed by atoms with Gasteiger partial charge in [-0.3, -0.25) is 0 Å². The molecule has 1 amide bonds. The normalized spacial score (nSPS) is 30.4. The molecule has 1 rings (SSSR count). The Balaban J connectivity index is 2.57. The van der Waals surface area contributed by atoms with Crippen molar-refractivity contribution in [2.75, 3.05) is 7.11 Å². The summed E-state index contributed by atoms with van der Waals surface area (Å²) in [6, 6.07) is -0.0208. The maximum atomic E-state index is 10.7. The number of hydrogen-bond donors (Lipinski definition) is 1. The number of ether oxygens (including phenoxy) is 2. The topological polar surface area (TPSA) is 47.6 Å². The highest BCUT2D eigenvalue weighted by Crippen LogP contribution is 2.16. The highest BCUT2D eigenvalue weighted by atomic mass is 16.7. The van der Waals surface area contributed by atoms with Gasteiger partial charge in [-0.2, -0.15) is 0 Å². The molecule has 0 aliphatic carbocycles. The lowest BCUT2D eigenvalue weighted by Gasteiger charge is -2.17. The van der Waals surface area contributed by atoms with Crippen molar-refractivity contribution in [2.24, 2.45) is 5.92 Å². The summed E-state index contributed by atoms with van der Waals surface area (Å²) in [5.41, 5.74) is 0. The molecule has 0 bridgehead atoms. The fourth-order valence-electron chi connectivity index (χ4n) is 1.09. The molecule has 64 valence electrons. The minimum absolute atomic E-state index is 0.0208. The summed E-state index contributed by atoms with van der Waals surface area (Å²) in [4.78, 5) is 10.7. The van der Waals surface area contributed by atoms with Crippen LogP contribution in [0.3, 0.4) is 0 Å². The van der Waals surface area contributed by atoms with Crippen LogP contribution in [0, 0.1) is 5.92 Å². The monoisotopic (exact) mass is 159 g/mol. The van der Waals surface area contributed by atoms with Crippen LogP contribution in [-0.4, -0.2) is 25.5 Å². The fourth-order valence-corrected chi connectivity index (χ4v) is 1.09. The average Bonchev–Trinajstić information content (AvgIpc) is 2.30. The third kappa shape index (κ3) is 1.63. The molecule has 1 heterocycles. The van der Waals surface area contributed by atoms with E-state index in [1.54, 1.807) is 0 Å². The molecule has 0 spiro atoms. The summed E-state index contributed by atoms with van der Waals surface area (Å²) in [7, 11) is 1.53. The molecule has 2 unspecified atom stereocenters. The summed E-state index contributed by atoms with van der Waals surface area (Å²) in [5.74, 6) is 0.325. The number of carbonyl (C=O) groups is 1. The van der Waals surface area contributed by atoms with Crippen molar-refractivity contribution in [1.82, 2.24) is 5.32 Å². The molecular weight excluding hydrogens is 146 g/mol. The number of methoxy groups -OCH3 is 1. The molecule has 11 heavy (non-hydrogen) atoms. The second-order valence-corrected chi connectivity index (χ2v) is 2.92. The van der Waals surface area contributed by atoms with Crippen LogP contribution in [0.4, 0.5) is 4.79 Å². The Labute approximate surface area is 65.9 Å². The van der Waals surface area contributed by atoms with E-state index < -0.39 is 12.4 Å². The van der Waals surface area contributed by atoms with E-state index in [0.717, 1.165) is 0 Å². The third-order valence-corrected chi connectivity index (χ3v) is 1.75. The van der Waals surface area contributed by atoms with Crippen molar-refractivity contribution < 1.29 is 14.3 Å². The molecule has 1 aliphatic heterocycles. The number of rotatable bonds is 2. The van der Waals surface area contributed by atoms with Crippen LogP contribution in [0.2, 0.25) is 0 Å². The lowest BCUT2D eigenvalue weighted by atomic mass is 10.1. The number of amides is 1. The zero-order valence-electron chi connectivity index (χ0n) is 6.96. The van der Waals surface area contributed by atoms with Gasteiger partial charge in [0.15, 0.2) is 0 Å². The van der Waals surface area contributed by atoms with E-state index in [1.807, 2.05) is 13.8 Å². The van der Waals surface area contributed by atoms with Crippen molar-refractivity contribution >= 4 is 6.09 Å². The number of alkyl carbamates (subject to hydrolysis) is 1. The van der Waals surface area contributed by atoms with Crippen molar-refractivity contribution in [3.05, 3.63) is 0 Å². The Morgan fingerprint density at radius 3 is 2.64 bits per heavy atom. The number of cyclic esters (lactones) is 1. The summed E-state index contributed by atoms with van der Waals surface area (Å²) in [6.45, 7) is 4.01. The molecule has 1 N–H and O–H groups in total. The smallest absolute Gasteiger partial charge is 0.409 e. The second-order valence-electron chi connectivity index (χ2n) is 2.92. The first-order chi connectivity index (χ1) is 5.15. The zero-order valence-corrected chi connectivity index (χ0v) is 6.96. The van der Waals surface area contributed by atoms with Crippen LogP contribution < -0.4 is 5.32 Å². The quantitative estimate of drug-likeness (QED) is 0.646. The number of carbonyl (C=O) groups excluding carboxylic acids is 1. The van der Waals surface area contributed by atoms with Gasteiger partial charge in [0.2, 0.25) is 6.29 Å². The molecule has 0 radical (unpaired) electrons. The van der Waals surface area contributed by atoms with Gasteiger partial charge in [0.25, 0.3) is 0 Å². The Hall–Kier alpha value is -0.770. The predicted octanol–water partition coefficient (Wildman–Crippen LogP) is 0.723. The predicted molar refractivity (Wildman–Crippen MR) is 39.0 cm³/mol. The minimum atomic E-state index is -0.428. The van der Waals surface area contributed by atoms with Crippen LogP contribution in [0.25, 0.3) is 0 Å². The molecule has 2 atom stereocenters. The van der Waals surface area contributed by atoms with Crippen LogP contribution in [0.15, 0.2) is 0 Å². The van der Waals surface area contributed by atoms with E-state index in [9.17, 15) is 4.79 Å². The van der Waals surface area contributed by atoms with Gasteiger partial charge in [-0.15, -0.1) is 0 Å². The molecule has 1 saturated heterocycles. The summed E-state index contributed by atoms with van der Waals surface area (Å²) < 4.78 is 9.76. The first kappa shape index (κ1) is 8.33. The van der Waals surface area contributed by atoms with Crippen molar-refractivity contribution in [1.29, 1.82) is 0 Å². The Morgan fingerprint density at radius 1 is 1.64 bits per heavy atom. The summed E-state index contributed by atoms with van der Waals surface area (Å²) in [5, 5.41) is 2.67. The molecule has 0 aromatic heterocycles. The van der Waals surface area contributed by atoms with Gasteiger partial charge in [0, 0.05) is 7.11 Å². The molecule has 0 saturated carbocycles. The van der Waals surface area contributed by atoms with Crippen LogP contribution in [-0.2, 0) is 9.47 Å². The Kier molecular flexibility index (Phi) is 2.34. The van der Waals surface area contributed by atoms with Crippen LogP contribution >= 0.6 is 0 Å². The average molecular weight is 159 g/mol. The highest BCUT2D eigenvalue weighted by Gasteiger charge is 2.35. The largest absolute Gasteiger partial charge is 0.417 e. The first-order valence-corrected chi connectivity index (χ1v) is 3.65. The van der Waals surface area contributed by atoms with E-state index in [2.05, 4.69) is 5.32 Å². The first-order valence-electron chi connectivity index (χ1n) is 3.65. The molecular formula is C7H13NO3. The fraction of sp³-hybridized carbons (Fsp3) is 0.857. The maximum absolute atomic E-state index is 10.7. The number of hydrogen-bond acceptors (Lipinski definition) is 3. The van der Waals surface area contributed by atoms with Gasteiger partial charge in [-0.05, 0) is 5.92 Å². The van der Waals surface area contributed by atoms with E-state index in [-0.39, 0.29) is 6.04 Å². The Morgan fingerprint density at radius 2 is 2.27 bits per heavy atom. The molecule has 0 aromatic rings. The highest BCUT2D eigenvalue weighted by molar-refractivity contribution is 5.69. The van der Waals surface area contributed by atoms with Crippen molar-refractivity contribution in [3.8, 4) is 0 Å². The van der Waals surface area contributed by atoms with Crippen molar-refractivity contribution in [3.63, 3.8) is 0 Å². The molecule has 1 fully saturated rings.